The summed E-state index contributed by atoms with van der Waals surface area (Å²) in [5.74, 6) is 3.70. The lowest BCUT2D eigenvalue weighted by molar-refractivity contribution is 0.418. The van der Waals surface area contributed by atoms with Crippen LogP contribution in [-0.4, -0.2) is 0 Å². The maximum absolute atomic E-state index is 6.43. The average molecular weight is 1870 g/mol. The number of rotatable bonds is 16. The molecule has 0 radical (unpaired) electrons. The predicted octanol–water partition coefficient (Wildman–Crippen LogP) is 38.6. The molecular formula is C142H104N2O2. The van der Waals surface area contributed by atoms with E-state index in [4.69, 9.17) is 9.47 Å². The third-order valence-corrected chi connectivity index (χ3v) is 31.6. The molecule has 4 heteroatoms. The Bertz CT molecular complexity index is 8970. The molecule has 2 aliphatic carbocycles. The van der Waals surface area contributed by atoms with Crippen LogP contribution in [0.4, 0.5) is 34.1 Å². The molecule has 27 rings (SSSR count). The van der Waals surface area contributed by atoms with Gasteiger partial charge in [-0.2, -0.15) is 0 Å². The Kier molecular flexibility index (Phi) is 21.5. The summed E-state index contributed by atoms with van der Waals surface area (Å²) >= 11 is 0. The Balaban J connectivity index is 0.000000149. The molecule has 4 nitrogen and oxygen atoms in total. The fraction of sp³-hybridized carbons (Fsp3) is 0.0704. The van der Waals surface area contributed by atoms with E-state index in [-0.39, 0.29) is 16.2 Å². The zero-order valence-corrected chi connectivity index (χ0v) is 82.4. The van der Waals surface area contributed by atoms with E-state index >= 15 is 0 Å². The predicted molar refractivity (Wildman–Crippen MR) is 610 cm³/mol. The number of anilines is 6. The lowest BCUT2D eigenvalue weighted by atomic mass is 9.67. The molecule has 0 fully saturated rings. The normalized spacial score (nSPS) is 13.6. The topological polar surface area (TPSA) is 24.9 Å². The molecule has 146 heavy (non-hydrogen) atoms. The van der Waals surface area contributed by atoms with Gasteiger partial charge in [0.05, 0.1) is 5.41 Å². The van der Waals surface area contributed by atoms with Crippen LogP contribution in [0.25, 0.3) is 144 Å². The van der Waals surface area contributed by atoms with Crippen LogP contribution in [-0.2, 0) is 21.7 Å². The summed E-state index contributed by atoms with van der Waals surface area (Å²) in [5, 5.41) is 7.53. The van der Waals surface area contributed by atoms with Crippen LogP contribution in [0.3, 0.4) is 0 Å². The molecule has 0 aromatic heterocycles. The van der Waals surface area contributed by atoms with Crippen molar-refractivity contribution in [2.24, 2.45) is 0 Å². The largest absolute Gasteiger partial charge is 0.457 e. The highest BCUT2D eigenvalue weighted by atomic mass is 16.5. The number of hydrogen-bond donors (Lipinski definition) is 0. The number of ether oxygens (including phenoxy) is 2. The van der Waals surface area contributed by atoms with Gasteiger partial charge in [0.15, 0.2) is 0 Å². The second-order valence-corrected chi connectivity index (χ2v) is 41.0. The fourth-order valence-electron chi connectivity index (χ4n) is 23.7. The first-order valence-electron chi connectivity index (χ1n) is 50.9. The number of hydrogen-bond acceptors (Lipinski definition) is 4. The number of fused-ring (bicyclic) bond motifs is 13. The second-order valence-electron chi connectivity index (χ2n) is 41.0. The highest BCUT2D eigenvalue weighted by Crippen LogP contribution is 2.60. The van der Waals surface area contributed by atoms with E-state index in [0.29, 0.717) is 0 Å². The van der Waals surface area contributed by atoms with E-state index in [1.54, 1.807) is 0 Å². The smallest absolute Gasteiger partial charge is 0.131 e. The van der Waals surface area contributed by atoms with Crippen molar-refractivity contribution in [1.82, 2.24) is 0 Å². The molecule has 4 aliphatic rings. The van der Waals surface area contributed by atoms with E-state index in [1.807, 2.05) is 12.1 Å². The lowest BCUT2D eigenvalue weighted by Crippen LogP contribution is -2.28. The van der Waals surface area contributed by atoms with Crippen LogP contribution in [0.5, 0.6) is 23.0 Å². The van der Waals surface area contributed by atoms with Gasteiger partial charge >= 0.3 is 0 Å². The van der Waals surface area contributed by atoms with E-state index in [2.05, 4.69) is 561 Å². The van der Waals surface area contributed by atoms with Crippen molar-refractivity contribution in [3.8, 4) is 134 Å². The molecule has 0 saturated carbocycles. The summed E-state index contributed by atoms with van der Waals surface area (Å²) in [6.07, 6.45) is 0. The summed E-state index contributed by atoms with van der Waals surface area (Å²) in [6, 6.07) is 192. The minimum atomic E-state index is -0.537. The highest BCUT2D eigenvalue weighted by Gasteiger charge is 2.47. The summed E-state index contributed by atoms with van der Waals surface area (Å²) in [5.41, 5.74) is 42.4. The Labute approximate surface area is 854 Å². The van der Waals surface area contributed by atoms with Crippen molar-refractivity contribution in [3.05, 3.63) is 577 Å². The Morgan fingerprint density at radius 1 is 0.151 bits per heavy atom. The minimum Gasteiger partial charge on any atom is -0.457 e. The van der Waals surface area contributed by atoms with Crippen LogP contribution >= 0.6 is 0 Å². The monoisotopic (exact) mass is 1870 g/mol. The molecule has 0 bridgehead atoms. The van der Waals surface area contributed by atoms with Crippen molar-refractivity contribution < 1.29 is 9.47 Å². The summed E-state index contributed by atoms with van der Waals surface area (Å²) in [7, 11) is 0. The molecule has 0 saturated heterocycles. The number of nitrogens with zero attached hydrogens (tertiary/aromatic N) is 2. The van der Waals surface area contributed by atoms with E-state index < -0.39 is 5.41 Å². The number of para-hydroxylation sites is 2. The molecule has 2 heterocycles. The van der Waals surface area contributed by atoms with Crippen LogP contribution in [0.2, 0.25) is 0 Å². The van der Waals surface area contributed by atoms with Crippen LogP contribution < -0.4 is 19.3 Å². The summed E-state index contributed by atoms with van der Waals surface area (Å²) < 4.78 is 12.8. The van der Waals surface area contributed by atoms with Gasteiger partial charge in [-0.05, 0) is 323 Å². The Hall–Kier alpha value is -18.0. The third-order valence-electron chi connectivity index (χ3n) is 31.6. The van der Waals surface area contributed by atoms with Gasteiger partial charge in [-0.1, -0.05) is 418 Å². The van der Waals surface area contributed by atoms with Gasteiger partial charge in [-0.3, -0.25) is 0 Å². The van der Waals surface area contributed by atoms with Crippen molar-refractivity contribution in [1.29, 1.82) is 0 Å². The van der Waals surface area contributed by atoms with Gasteiger partial charge in [0.25, 0.3) is 0 Å². The quantitative estimate of drug-likeness (QED) is 0.0963. The first-order valence-corrected chi connectivity index (χ1v) is 50.9. The molecule has 23 aromatic carbocycles. The van der Waals surface area contributed by atoms with Crippen LogP contribution in [0.15, 0.2) is 522 Å². The Morgan fingerprint density at radius 2 is 0.404 bits per heavy atom. The van der Waals surface area contributed by atoms with E-state index in [9.17, 15) is 0 Å². The van der Waals surface area contributed by atoms with Crippen molar-refractivity contribution in [3.63, 3.8) is 0 Å². The highest BCUT2D eigenvalue weighted by molar-refractivity contribution is 6.00. The summed E-state index contributed by atoms with van der Waals surface area (Å²) in [6.45, 7) is 13.9. The van der Waals surface area contributed by atoms with Crippen LogP contribution in [0.1, 0.15) is 97.2 Å². The Morgan fingerprint density at radius 3 is 0.795 bits per heavy atom. The molecule has 2 aliphatic heterocycles. The first kappa shape index (κ1) is 88.2. The van der Waals surface area contributed by atoms with Crippen molar-refractivity contribution in [2.75, 3.05) is 9.80 Å². The SMILES string of the molecule is CC1(C)c2ccccc2Oc2ccc(-c3ccc(N(c4ccc(-c5ccc6c(c5)C(C)(C)c5cc(-c7cccc8ccccc78)ccc5-6)cc4)c4ccc(-c5ccc6ccccc6c5)cc4)cc3)cc21.CC1(C)c2ccccc2Oc2ccc(-c3ccc(N(c4ccc(-c5ccc6c(c5)C(c5ccccc5)(c5ccccc5)c5cc(-c7ccccc7)ccc5-6)cc4)c4ccc(-c5ccc6ccccc6c5)cc4)cc3)cc21. The molecule has 0 amide bonds. The summed E-state index contributed by atoms with van der Waals surface area (Å²) in [4.78, 5) is 4.74. The van der Waals surface area contributed by atoms with Gasteiger partial charge in [-0.25, -0.2) is 0 Å². The van der Waals surface area contributed by atoms with Crippen molar-refractivity contribution in [2.45, 2.75) is 63.2 Å². The maximum atomic E-state index is 6.43. The average Bonchev–Trinajstić information content (AvgIpc) is 1.53. The van der Waals surface area contributed by atoms with Gasteiger partial charge in [-0.15, -0.1) is 0 Å². The first-order chi connectivity index (χ1) is 71.6. The molecule has 0 spiro atoms. The van der Waals surface area contributed by atoms with Gasteiger partial charge in [0.2, 0.25) is 0 Å². The van der Waals surface area contributed by atoms with Gasteiger partial charge in [0, 0.05) is 72.6 Å². The van der Waals surface area contributed by atoms with Gasteiger partial charge < -0.3 is 19.3 Å². The second kappa shape index (κ2) is 35.6. The molecule has 0 unspecified atom stereocenters. The zero-order chi connectivity index (χ0) is 97.9. The van der Waals surface area contributed by atoms with Gasteiger partial charge in [0.1, 0.15) is 23.0 Å². The lowest BCUT2D eigenvalue weighted by Gasteiger charge is -2.34. The van der Waals surface area contributed by atoms with Crippen LogP contribution in [0, 0.1) is 0 Å². The standard InChI is InChI=1S/C74H53NO.C68H51NO/c1-73(2)67-24-14-15-25-71(67)76-72-45-36-59(49-70(72)73)54-32-41-64(42-33-54)75(62-37-28-52(29-38-62)56-27-26-51-18-12-13-19-55(51)46-56)63-39-30-53(31-40-63)58-35-44-66-65-43-34-57(50-16-6-3-7-17-50)47-68(65)74(69(66)48-58,60-20-8-4-9-21-60)61-22-10-5-11-23-61;1-67(2)61-18-9-10-19-65(61)70-66-39-30-52(42-64(66)67)47-26-35-56(36-27-47)69(54-31-22-45(23-32-54)50-21-20-44-12-5-6-14-49(44)40-50)55-33-24-46(25-34-55)51-28-37-59-60-38-29-53(43-63(60)68(3,4)62(59)41-51)58-17-11-15-48-13-7-8-16-57(48)58/h3-49H,1-2H3;5-43H,1-4H3. The zero-order valence-electron chi connectivity index (χ0n) is 82.4. The third kappa shape index (κ3) is 15.3. The van der Waals surface area contributed by atoms with Crippen molar-refractivity contribution >= 4 is 66.4 Å². The van der Waals surface area contributed by atoms with E-state index in [0.717, 1.165) is 79.4 Å². The molecule has 0 N–H and O–H groups in total. The number of benzene rings is 23. The van der Waals surface area contributed by atoms with E-state index in [1.165, 1.54) is 177 Å². The maximum Gasteiger partial charge on any atom is 0.131 e. The fourth-order valence-corrected chi connectivity index (χ4v) is 23.7. The molecule has 694 valence electrons. The molecule has 0 atom stereocenters. The molecular weight excluding hydrogens is 1770 g/mol. The molecule has 23 aromatic rings. The minimum absolute atomic E-state index is 0.155.